The minimum Gasteiger partial charge on any atom is -0.475 e. The quantitative estimate of drug-likeness (QED) is 0.914. The van der Waals surface area contributed by atoms with Gasteiger partial charge in [-0.1, -0.05) is 19.9 Å². The van der Waals surface area contributed by atoms with Crippen molar-refractivity contribution < 1.29 is 14.3 Å². The number of aromatic carboxylic acids is 1. The van der Waals surface area contributed by atoms with Crippen molar-refractivity contribution in [2.75, 3.05) is 19.0 Å². The third-order valence-corrected chi connectivity index (χ3v) is 3.10. The van der Waals surface area contributed by atoms with Crippen LogP contribution in [0.3, 0.4) is 0 Å². The van der Waals surface area contributed by atoms with Crippen LogP contribution in [0.25, 0.3) is 11.5 Å². The minimum absolute atomic E-state index is 0.0612. The van der Waals surface area contributed by atoms with E-state index in [4.69, 9.17) is 4.42 Å². The Kier molecular flexibility index (Phi) is 4.31. The summed E-state index contributed by atoms with van der Waals surface area (Å²) in [6.45, 7) is 4.04. The number of carboxylic acid groups (broad SMARTS) is 1. The molecule has 0 spiro atoms. The van der Waals surface area contributed by atoms with Gasteiger partial charge in [0.25, 0.3) is 0 Å². The van der Waals surface area contributed by atoms with Crippen molar-refractivity contribution in [3.63, 3.8) is 0 Å². The van der Waals surface area contributed by atoms with Gasteiger partial charge in [0.1, 0.15) is 0 Å². The van der Waals surface area contributed by atoms with Gasteiger partial charge in [0.2, 0.25) is 11.7 Å². The minimum atomic E-state index is -1.08. The van der Waals surface area contributed by atoms with Crippen molar-refractivity contribution in [1.82, 2.24) is 4.98 Å². The predicted octanol–water partition coefficient (Wildman–Crippen LogP) is 3.30. The van der Waals surface area contributed by atoms with E-state index in [1.807, 2.05) is 57.1 Å². The average molecular weight is 288 g/mol. The highest BCUT2D eigenvalue weighted by atomic mass is 16.4. The first-order chi connectivity index (χ1) is 9.88. The van der Waals surface area contributed by atoms with Crippen LogP contribution in [-0.2, 0) is 6.42 Å². The molecule has 0 atom stereocenters. The van der Waals surface area contributed by atoms with E-state index in [0.717, 1.165) is 11.3 Å². The molecule has 0 saturated heterocycles. The summed E-state index contributed by atoms with van der Waals surface area (Å²) in [6.07, 6.45) is 0.582. The molecule has 21 heavy (non-hydrogen) atoms. The van der Waals surface area contributed by atoms with E-state index in [1.165, 1.54) is 0 Å². The number of nitrogens with zero attached hydrogens (tertiary/aromatic N) is 2. The average Bonchev–Trinajstić information content (AvgIpc) is 2.82. The first-order valence-corrected chi connectivity index (χ1v) is 6.89. The highest BCUT2D eigenvalue weighted by molar-refractivity contribution is 5.86. The van der Waals surface area contributed by atoms with Crippen molar-refractivity contribution in [2.24, 2.45) is 5.92 Å². The van der Waals surface area contributed by atoms with Crippen LogP contribution < -0.4 is 4.90 Å². The number of hydrogen-bond acceptors (Lipinski definition) is 4. The van der Waals surface area contributed by atoms with Gasteiger partial charge < -0.3 is 14.4 Å². The van der Waals surface area contributed by atoms with Crippen molar-refractivity contribution >= 4 is 11.7 Å². The van der Waals surface area contributed by atoms with Crippen LogP contribution in [0.2, 0.25) is 0 Å². The second-order valence-corrected chi connectivity index (χ2v) is 5.64. The van der Waals surface area contributed by atoms with Gasteiger partial charge in [0.05, 0.1) is 5.69 Å². The van der Waals surface area contributed by atoms with Crippen LogP contribution in [0.4, 0.5) is 5.69 Å². The first-order valence-electron chi connectivity index (χ1n) is 6.89. The third kappa shape index (κ3) is 3.42. The number of carboxylic acids is 1. The van der Waals surface area contributed by atoms with Gasteiger partial charge in [-0.25, -0.2) is 9.78 Å². The van der Waals surface area contributed by atoms with Crippen LogP contribution in [0.15, 0.2) is 28.7 Å². The predicted molar refractivity (Wildman–Crippen MR) is 81.8 cm³/mol. The maximum atomic E-state index is 11.3. The standard InChI is InChI=1S/C16H20N2O3/c1-10(2)8-13-14(16(19)20)21-15(17-13)11-6-5-7-12(9-11)18(3)4/h5-7,9-10H,8H2,1-4H3,(H,19,20). The second kappa shape index (κ2) is 5.99. The number of anilines is 1. The van der Waals surface area contributed by atoms with E-state index in [-0.39, 0.29) is 5.76 Å². The van der Waals surface area contributed by atoms with E-state index in [2.05, 4.69) is 4.98 Å². The molecule has 0 aliphatic heterocycles. The highest BCUT2D eigenvalue weighted by Crippen LogP contribution is 2.26. The normalized spacial score (nSPS) is 10.9. The Morgan fingerprint density at radius 2 is 2.10 bits per heavy atom. The lowest BCUT2D eigenvalue weighted by molar-refractivity contribution is 0.0661. The molecule has 0 fully saturated rings. The smallest absolute Gasteiger partial charge is 0.373 e. The van der Waals surface area contributed by atoms with Crippen molar-refractivity contribution in [3.8, 4) is 11.5 Å². The highest BCUT2D eigenvalue weighted by Gasteiger charge is 2.21. The van der Waals surface area contributed by atoms with Gasteiger partial charge in [-0.15, -0.1) is 0 Å². The topological polar surface area (TPSA) is 66.6 Å². The Morgan fingerprint density at radius 3 is 2.67 bits per heavy atom. The molecule has 5 nitrogen and oxygen atoms in total. The molecule has 1 heterocycles. The molecule has 0 amide bonds. The summed E-state index contributed by atoms with van der Waals surface area (Å²) in [5, 5.41) is 9.24. The fourth-order valence-corrected chi connectivity index (χ4v) is 2.08. The molecule has 2 rings (SSSR count). The third-order valence-electron chi connectivity index (χ3n) is 3.10. The first kappa shape index (κ1) is 15.1. The molecule has 0 bridgehead atoms. The summed E-state index contributed by atoms with van der Waals surface area (Å²) < 4.78 is 5.47. The molecule has 0 radical (unpaired) electrons. The molecule has 1 aromatic heterocycles. The molecule has 5 heteroatoms. The lowest BCUT2D eigenvalue weighted by Gasteiger charge is -2.12. The van der Waals surface area contributed by atoms with Gasteiger partial charge in [-0.05, 0) is 30.5 Å². The second-order valence-electron chi connectivity index (χ2n) is 5.64. The zero-order chi connectivity index (χ0) is 15.6. The van der Waals surface area contributed by atoms with Gasteiger partial charge in [0, 0.05) is 25.3 Å². The largest absolute Gasteiger partial charge is 0.475 e. The number of oxazole rings is 1. The summed E-state index contributed by atoms with van der Waals surface area (Å²) >= 11 is 0. The van der Waals surface area contributed by atoms with E-state index >= 15 is 0 Å². The number of benzene rings is 1. The zero-order valence-corrected chi connectivity index (χ0v) is 12.8. The van der Waals surface area contributed by atoms with E-state index in [0.29, 0.717) is 23.9 Å². The Morgan fingerprint density at radius 1 is 1.38 bits per heavy atom. The molecule has 0 unspecified atom stereocenters. The van der Waals surface area contributed by atoms with Crippen LogP contribution in [0, 0.1) is 5.92 Å². The van der Waals surface area contributed by atoms with Crippen molar-refractivity contribution in [1.29, 1.82) is 0 Å². The Hall–Kier alpha value is -2.30. The van der Waals surface area contributed by atoms with Gasteiger partial charge in [-0.3, -0.25) is 0 Å². The molecule has 0 aliphatic carbocycles. The fourth-order valence-electron chi connectivity index (χ4n) is 2.08. The number of aromatic nitrogens is 1. The van der Waals surface area contributed by atoms with Crippen LogP contribution in [0.5, 0.6) is 0 Å². The monoisotopic (exact) mass is 288 g/mol. The van der Waals surface area contributed by atoms with E-state index in [1.54, 1.807) is 0 Å². The maximum Gasteiger partial charge on any atom is 0.373 e. The van der Waals surface area contributed by atoms with Gasteiger partial charge in [0.15, 0.2) is 0 Å². The Bertz CT molecular complexity index is 645. The summed E-state index contributed by atoms with van der Waals surface area (Å²) in [5.41, 5.74) is 2.29. The molecule has 1 N–H and O–H groups in total. The molecule has 0 saturated carbocycles. The maximum absolute atomic E-state index is 11.3. The number of hydrogen-bond donors (Lipinski definition) is 1. The fraction of sp³-hybridized carbons (Fsp3) is 0.375. The zero-order valence-electron chi connectivity index (χ0n) is 12.8. The Labute approximate surface area is 124 Å². The number of carbonyl (C=O) groups is 1. The summed E-state index contributed by atoms with van der Waals surface area (Å²) in [4.78, 5) is 17.6. The van der Waals surface area contributed by atoms with Crippen LogP contribution in [0.1, 0.15) is 30.1 Å². The molecular formula is C16H20N2O3. The van der Waals surface area contributed by atoms with E-state index in [9.17, 15) is 9.90 Å². The Balaban J connectivity index is 2.44. The summed E-state index contributed by atoms with van der Waals surface area (Å²) in [7, 11) is 3.89. The number of rotatable bonds is 5. The van der Waals surface area contributed by atoms with Crippen LogP contribution in [-0.4, -0.2) is 30.2 Å². The lowest BCUT2D eigenvalue weighted by atomic mass is 10.1. The molecule has 112 valence electrons. The summed E-state index contributed by atoms with van der Waals surface area (Å²) in [6, 6.07) is 7.66. The van der Waals surface area contributed by atoms with Gasteiger partial charge in [-0.2, -0.15) is 0 Å². The molecule has 0 aliphatic rings. The van der Waals surface area contributed by atoms with Crippen molar-refractivity contribution in [3.05, 3.63) is 35.7 Å². The summed E-state index contributed by atoms with van der Waals surface area (Å²) in [5.74, 6) is -0.469. The lowest BCUT2D eigenvalue weighted by Crippen LogP contribution is -2.08. The van der Waals surface area contributed by atoms with E-state index < -0.39 is 5.97 Å². The SMILES string of the molecule is CC(C)Cc1nc(-c2cccc(N(C)C)c2)oc1C(=O)O. The molecule has 1 aromatic carbocycles. The molecule has 2 aromatic rings. The van der Waals surface area contributed by atoms with Crippen LogP contribution >= 0.6 is 0 Å². The van der Waals surface area contributed by atoms with Gasteiger partial charge >= 0.3 is 5.97 Å². The van der Waals surface area contributed by atoms with Crippen molar-refractivity contribution in [2.45, 2.75) is 20.3 Å². The molecular weight excluding hydrogens is 268 g/mol.